The number of nitro groups is 1. The fourth-order valence-corrected chi connectivity index (χ4v) is 3.16. The van der Waals surface area contributed by atoms with Gasteiger partial charge in [-0.15, -0.1) is 0 Å². The Kier molecular flexibility index (Phi) is 5.94. The number of carbonyl (C=O) groups excluding carboxylic acids is 1. The van der Waals surface area contributed by atoms with Gasteiger partial charge in [-0.3, -0.25) is 14.9 Å². The maximum atomic E-state index is 12.7. The Labute approximate surface area is 143 Å². The van der Waals surface area contributed by atoms with E-state index in [-0.39, 0.29) is 11.6 Å². The number of nitro benzene ring substituents is 1. The van der Waals surface area contributed by atoms with Gasteiger partial charge in [-0.1, -0.05) is 6.07 Å². The molecule has 24 heavy (non-hydrogen) atoms. The van der Waals surface area contributed by atoms with Crippen molar-refractivity contribution < 1.29 is 9.72 Å². The lowest BCUT2D eigenvalue weighted by Gasteiger charge is -2.35. The summed E-state index contributed by atoms with van der Waals surface area (Å²) in [5.74, 6) is 0.513. The first-order valence-corrected chi connectivity index (χ1v) is 8.54. The monoisotopic (exact) mass is 333 g/mol. The summed E-state index contributed by atoms with van der Waals surface area (Å²) in [6.07, 6.45) is 1.97. The second kappa shape index (κ2) is 7.75. The molecule has 0 bridgehead atoms. The maximum Gasteiger partial charge on any atom is 0.273 e. The van der Waals surface area contributed by atoms with Crippen LogP contribution in [0.5, 0.6) is 0 Å². The van der Waals surface area contributed by atoms with E-state index in [9.17, 15) is 14.9 Å². The fraction of sp³-hybridized carbons (Fsp3) is 0.611. The number of benzene rings is 1. The lowest BCUT2D eigenvalue weighted by molar-refractivity contribution is -0.385. The molecule has 2 rings (SSSR count). The molecule has 1 fully saturated rings. The standard InChI is InChI=1S/C18H27N3O3/c1-13(2)19(4)12-15-8-10-20(11-9-15)18(22)16-6-5-7-17(14(16)3)21(23)24/h5-7,13,15H,8-12H2,1-4H3. The van der Waals surface area contributed by atoms with E-state index in [1.165, 1.54) is 6.07 Å². The predicted molar refractivity (Wildman–Crippen MR) is 94.2 cm³/mol. The molecular weight excluding hydrogens is 306 g/mol. The van der Waals surface area contributed by atoms with Crippen molar-refractivity contribution in [3.8, 4) is 0 Å². The van der Waals surface area contributed by atoms with E-state index in [2.05, 4.69) is 25.8 Å². The Bertz CT molecular complexity index is 608. The van der Waals surface area contributed by atoms with Crippen LogP contribution in [0.3, 0.4) is 0 Å². The van der Waals surface area contributed by atoms with Crippen LogP contribution in [0.25, 0.3) is 0 Å². The molecule has 1 aromatic rings. The van der Waals surface area contributed by atoms with Crippen molar-refractivity contribution in [3.05, 3.63) is 39.4 Å². The van der Waals surface area contributed by atoms with Crippen LogP contribution in [0.2, 0.25) is 0 Å². The van der Waals surface area contributed by atoms with Gasteiger partial charge in [-0.05, 0) is 52.6 Å². The minimum absolute atomic E-state index is 0.00861. The molecule has 1 saturated heterocycles. The summed E-state index contributed by atoms with van der Waals surface area (Å²) >= 11 is 0. The number of hydrogen-bond acceptors (Lipinski definition) is 4. The van der Waals surface area contributed by atoms with Crippen molar-refractivity contribution in [2.24, 2.45) is 5.92 Å². The van der Waals surface area contributed by atoms with Gasteiger partial charge in [0.15, 0.2) is 0 Å². The first-order chi connectivity index (χ1) is 11.3. The van der Waals surface area contributed by atoms with Gasteiger partial charge in [0.1, 0.15) is 0 Å². The number of piperidine rings is 1. The number of likely N-dealkylation sites (tertiary alicyclic amines) is 1. The molecule has 1 aliphatic heterocycles. The lowest BCUT2D eigenvalue weighted by atomic mass is 9.95. The van der Waals surface area contributed by atoms with Crippen molar-refractivity contribution in [1.29, 1.82) is 0 Å². The van der Waals surface area contributed by atoms with Gasteiger partial charge < -0.3 is 9.80 Å². The number of nitrogens with zero attached hydrogens (tertiary/aromatic N) is 3. The molecule has 0 aliphatic carbocycles. The van der Waals surface area contributed by atoms with Crippen LogP contribution < -0.4 is 0 Å². The third kappa shape index (κ3) is 4.12. The van der Waals surface area contributed by atoms with Crippen LogP contribution in [-0.4, -0.2) is 53.4 Å². The summed E-state index contributed by atoms with van der Waals surface area (Å²) in [6.45, 7) is 8.51. The van der Waals surface area contributed by atoms with Crippen molar-refractivity contribution >= 4 is 11.6 Å². The van der Waals surface area contributed by atoms with Gasteiger partial charge >= 0.3 is 0 Å². The molecule has 0 radical (unpaired) electrons. The first-order valence-electron chi connectivity index (χ1n) is 8.54. The molecule has 0 unspecified atom stereocenters. The van der Waals surface area contributed by atoms with E-state index < -0.39 is 4.92 Å². The largest absolute Gasteiger partial charge is 0.339 e. The van der Waals surface area contributed by atoms with E-state index >= 15 is 0 Å². The summed E-state index contributed by atoms with van der Waals surface area (Å²) in [5, 5.41) is 11.0. The van der Waals surface area contributed by atoms with Crippen molar-refractivity contribution in [2.75, 3.05) is 26.7 Å². The molecule has 0 aromatic heterocycles. The van der Waals surface area contributed by atoms with E-state index in [0.29, 0.717) is 23.1 Å². The number of hydrogen-bond donors (Lipinski definition) is 0. The lowest BCUT2D eigenvalue weighted by Crippen LogP contribution is -2.42. The minimum atomic E-state index is -0.430. The van der Waals surface area contributed by atoms with Crippen LogP contribution in [0, 0.1) is 23.0 Å². The van der Waals surface area contributed by atoms with Gasteiger partial charge in [-0.2, -0.15) is 0 Å². The van der Waals surface area contributed by atoms with Gasteiger partial charge in [0.05, 0.1) is 4.92 Å². The molecule has 1 amide bonds. The van der Waals surface area contributed by atoms with Crippen molar-refractivity contribution in [1.82, 2.24) is 9.80 Å². The smallest absolute Gasteiger partial charge is 0.273 e. The number of amides is 1. The summed E-state index contributed by atoms with van der Waals surface area (Å²) in [4.78, 5) is 27.5. The zero-order valence-corrected chi connectivity index (χ0v) is 15.0. The molecule has 0 N–H and O–H groups in total. The highest BCUT2D eigenvalue weighted by molar-refractivity contribution is 5.96. The second-order valence-electron chi connectivity index (χ2n) is 6.98. The second-order valence-corrected chi connectivity index (χ2v) is 6.98. The van der Waals surface area contributed by atoms with E-state index in [1.54, 1.807) is 19.1 Å². The van der Waals surface area contributed by atoms with Crippen LogP contribution in [0.1, 0.15) is 42.6 Å². The zero-order valence-electron chi connectivity index (χ0n) is 15.0. The summed E-state index contributed by atoms with van der Waals surface area (Å²) in [5.41, 5.74) is 0.908. The summed E-state index contributed by atoms with van der Waals surface area (Å²) < 4.78 is 0. The number of carbonyl (C=O) groups is 1. The molecule has 6 nitrogen and oxygen atoms in total. The zero-order chi connectivity index (χ0) is 17.9. The van der Waals surface area contributed by atoms with Gasteiger partial charge in [0, 0.05) is 42.9 Å². The van der Waals surface area contributed by atoms with Crippen LogP contribution in [0.15, 0.2) is 18.2 Å². The molecule has 1 aliphatic rings. The van der Waals surface area contributed by atoms with Crippen molar-refractivity contribution in [2.45, 2.75) is 39.7 Å². The average Bonchev–Trinajstić information content (AvgIpc) is 2.54. The Morgan fingerprint density at radius 1 is 1.38 bits per heavy atom. The van der Waals surface area contributed by atoms with E-state index in [0.717, 1.165) is 32.5 Å². The molecule has 0 atom stereocenters. The Morgan fingerprint density at radius 2 is 2.00 bits per heavy atom. The van der Waals surface area contributed by atoms with Crippen molar-refractivity contribution in [3.63, 3.8) is 0 Å². The summed E-state index contributed by atoms with van der Waals surface area (Å²) in [6, 6.07) is 5.24. The average molecular weight is 333 g/mol. The third-order valence-electron chi connectivity index (χ3n) is 5.06. The maximum absolute atomic E-state index is 12.7. The molecule has 6 heteroatoms. The predicted octanol–water partition coefficient (Wildman–Crippen LogP) is 3.10. The SMILES string of the molecule is Cc1c(C(=O)N2CCC(CN(C)C(C)C)CC2)cccc1[N+](=O)[O-]. The Hall–Kier alpha value is -1.95. The number of rotatable bonds is 5. The van der Waals surface area contributed by atoms with Crippen LogP contribution >= 0.6 is 0 Å². The topological polar surface area (TPSA) is 66.7 Å². The summed E-state index contributed by atoms with van der Waals surface area (Å²) in [7, 11) is 2.13. The van der Waals surface area contributed by atoms with E-state index in [1.807, 2.05) is 4.90 Å². The fourth-order valence-electron chi connectivity index (χ4n) is 3.16. The molecule has 132 valence electrons. The van der Waals surface area contributed by atoms with Crippen LogP contribution in [-0.2, 0) is 0 Å². The minimum Gasteiger partial charge on any atom is -0.339 e. The molecule has 1 heterocycles. The first kappa shape index (κ1) is 18.4. The van der Waals surface area contributed by atoms with Gasteiger partial charge in [0.2, 0.25) is 0 Å². The third-order valence-corrected chi connectivity index (χ3v) is 5.06. The Balaban J connectivity index is 2.01. The quantitative estimate of drug-likeness (QED) is 0.613. The van der Waals surface area contributed by atoms with E-state index in [4.69, 9.17) is 0 Å². The van der Waals surface area contributed by atoms with Gasteiger partial charge in [0.25, 0.3) is 11.6 Å². The molecule has 0 saturated carbocycles. The molecular formula is C18H27N3O3. The highest BCUT2D eigenvalue weighted by Crippen LogP contribution is 2.25. The van der Waals surface area contributed by atoms with Gasteiger partial charge in [-0.25, -0.2) is 0 Å². The van der Waals surface area contributed by atoms with Crippen LogP contribution in [0.4, 0.5) is 5.69 Å². The molecule has 1 aromatic carbocycles. The molecule has 0 spiro atoms. The highest BCUT2D eigenvalue weighted by atomic mass is 16.6. The highest BCUT2D eigenvalue weighted by Gasteiger charge is 2.27. The normalized spacial score (nSPS) is 16.0. The Morgan fingerprint density at radius 3 is 2.54 bits per heavy atom.